The van der Waals surface area contributed by atoms with Crippen LogP contribution in [-0.2, 0) is 4.79 Å². The van der Waals surface area contributed by atoms with Crippen LogP contribution in [-0.4, -0.2) is 41.7 Å². The fourth-order valence-corrected chi connectivity index (χ4v) is 2.78. The van der Waals surface area contributed by atoms with E-state index >= 15 is 0 Å². The molecule has 1 amide bonds. The summed E-state index contributed by atoms with van der Waals surface area (Å²) in [5.41, 5.74) is 1.95. The van der Waals surface area contributed by atoms with Gasteiger partial charge >= 0.3 is 0 Å². The minimum Gasteiger partial charge on any atom is -0.393 e. The lowest BCUT2D eigenvalue weighted by molar-refractivity contribution is -0.117. The molecule has 2 N–H and O–H groups in total. The van der Waals surface area contributed by atoms with Gasteiger partial charge in [-0.1, -0.05) is 6.07 Å². The van der Waals surface area contributed by atoms with Gasteiger partial charge < -0.3 is 10.4 Å². The van der Waals surface area contributed by atoms with E-state index in [0.717, 1.165) is 41.7 Å². The largest absolute Gasteiger partial charge is 0.393 e. The zero-order chi connectivity index (χ0) is 13.8. The summed E-state index contributed by atoms with van der Waals surface area (Å²) in [6.07, 6.45) is 1.30. The molecule has 1 fully saturated rings. The van der Waals surface area contributed by atoms with Gasteiger partial charge in [0.15, 0.2) is 0 Å². The number of benzene rings is 1. The summed E-state index contributed by atoms with van der Waals surface area (Å²) < 4.78 is 0.898. The van der Waals surface area contributed by atoms with Gasteiger partial charge in [-0.3, -0.25) is 9.69 Å². The molecule has 0 radical (unpaired) electrons. The number of amides is 1. The minimum atomic E-state index is -0.203. The first-order valence-corrected chi connectivity index (χ1v) is 7.30. The third kappa shape index (κ3) is 4.30. The summed E-state index contributed by atoms with van der Waals surface area (Å²) in [6.45, 7) is 3.95. The average molecular weight is 327 g/mol. The van der Waals surface area contributed by atoms with Crippen LogP contribution in [0.3, 0.4) is 0 Å². The highest BCUT2D eigenvalue weighted by Crippen LogP contribution is 2.23. The van der Waals surface area contributed by atoms with Gasteiger partial charge in [-0.25, -0.2) is 0 Å². The number of halogens is 1. The Morgan fingerprint density at radius 2 is 2.16 bits per heavy atom. The molecule has 5 heteroatoms. The van der Waals surface area contributed by atoms with Gasteiger partial charge in [-0.2, -0.15) is 0 Å². The van der Waals surface area contributed by atoms with Crippen LogP contribution in [0.4, 0.5) is 5.69 Å². The first kappa shape index (κ1) is 14.5. The van der Waals surface area contributed by atoms with Gasteiger partial charge in [0.1, 0.15) is 0 Å². The normalized spacial score (nSPS) is 17.4. The molecule has 0 unspecified atom stereocenters. The molecule has 4 nitrogen and oxygen atoms in total. The number of piperidine rings is 1. The summed E-state index contributed by atoms with van der Waals surface area (Å²) in [7, 11) is 0. The molecule has 0 aliphatic carbocycles. The monoisotopic (exact) mass is 326 g/mol. The molecule has 19 heavy (non-hydrogen) atoms. The quantitative estimate of drug-likeness (QED) is 0.894. The van der Waals surface area contributed by atoms with E-state index in [1.54, 1.807) is 0 Å². The number of aryl methyl sites for hydroxylation is 1. The second-order valence-electron chi connectivity index (χ2n) is 5.04. The molecule has 1 aromatic carbocycles. The first-order chi connectivity index (χ1) is 9.04. The van der Waals surface area contributed by atoms with Crippen molar-refractivity contribution in [2.75, 3.05) is 25.0 Å². The number of carbonyl (C=O) groups is 1. The smallest absolute Gasteiger partial charge is 0.238 e. The van der Waals surface area contributed by atoms with Crippen molar-refractivity contribution in [2.24, 2.45) is 0 Å². The highest BCUT2D eigenvalue weighted by molar-refractivity contribution is 9.10. The van der Waals surface area contributed by atoms with Crippen molar-refractivity contribution in [3.05, 3.63) is 28.2 Å². The number of hydrogen-bond donors (Lipinski definition) is 2. The number of aliphatic hydroxyl groups excluding tert-OH is 1. The van der Waals surface area contributed by atoms with Crippen molar-refractivity contribution < 1.29 is 9.90 Å². The van der Waals surface area contributed by atoms with Crippen LogP contribution in [0, 0.1) is 6.92 Å². The molecule has 104 valence electrons. The molecule has 2 rings (SSSR count). The Balaban J connectivity index is 1.87. The number of aliphatic hydroxyl groups is 1. The first-order valence-electron chi connectivity index (χ1n) is 6.51. The molecular formula is C14H19BrN2O2. The number of anilines is 1. The number of hydrogen-bond acceptors (Lipinski definition) is 3. The standard InChI is InChI=1S/C14H19BrN2O2/c1-10-2-3-13(12(15)8-10)16-14(19)9-17-6-4-11(18)5-7-17/h2-3,8,11,18H,4-7,9H2,1H3,(H,16,19). The highest BCUT2D eigenvalue weighted by atomic mass is 79.9. The molecule has 1 aliphatic heterocycles. The Hall–Kier alpha value is -0.910. The summed E-state index contributed by atoms with van der Waals surface area (Å²) in [4.78, 5) is 14.0. The van der Waals surface area contributed by atoms with Gasteiger partial charge in [0, 0.05) is 17.6 Å². The van der Waals surface area contributed by atoms with Crippen LogP contribution in [0.15, 0.2) is 22.7 Å². The Morgan fingerprint density at radius 1 is 1.47 bits per heavy atom. The lowest BCUT2D eigenvalue weighted by Gasteiger charge is -2.28. The van der Waals surface area contributed by atoms with Crippen molar-refractivity contribution in [1.82, 2.24) is 4.90 Å². The highest BCUT2D eigenvalue weighted by Gasteiger charge is 2.19. The van der Waals surface area contributed by atoms with E-state index in [9.17, 15) is 9.90 Å². The number of carbonyl (C=O) groups excluding carboxylic acids is 1. The van der Waals surface area contributed by atoms with Crippen LogP contribution >= 0.6 is 15.9 Å². The lowest BCUT2D eigenvalue weighted by Crippen LogP contribution is -2.40. The summed E-state index contributed by atoms with van der Waals surface area (Å²) in [5.74, 6) is -0.0130. The molecule has 1 aliphatic rings. The number of nitrogens with one attached hydrogen (secondary N) is 1. The second-order valence-corrected chi connectivity index (χ2v) is 5.89. The van der Waals surface area contributed by atoms with Crippen LogP contribution in [0.25, 0.3) is 0 Å². The van der Waals surface area contributed by atoms with Gasteiger partial charge in [0.2, 0.25) is 5.91 Å². The molecule has 0 atom stereocenters. The zero-order valence-corrected chi connectivity index (χ0v) is 12.6. The van der Waals surface area contributed by atoms with E-state index in [0.29, 0.717) is 6.54 Å². The van der Waals surface area contributed by atoms with Crippen LogP contribution in [0.5, 0.6) is 0 Å². The molecule has 1 aromatic rings. The fraction of sp³-hybridized carbons (Fsp3) is 0.500. The Morgan fingerprint density at radius 3 is 2.79 bits per heavy atom. The molecule has 0 spiro atoms. The third-order valence-electron chi connectivity index (χ3n) is 3.32. The topological polar surface area (TPSA) is 52.6 Å². The van der Waals surface area contributed by atoms with Crippen LogP contribution in [0.1, 0.15) is 18.4 Å². The van der Waals surface area contributed by atoms with Gasteiger partial charge in [0.05, 0.1) is 18.3 Å². The van der Waals surface area contributed by atoms with Crippen molar-refractivity contribution in [3.63, 3.8) is 0 Å². The van der Waals surface area contributed by atoms with E-state index < -0.39 is 0 Å². The fourth-order valence-electron chi connectivity index (χ4n) is 2.19. The van der Waals surface area contributed by atoms with Crippen LogP contribution in [0.2, 0.25) is 0 Å². The molecule has 0 bridgehead atoms. The van der Waals surface area contributed by atoms with Gasteiger partial charge in [-0.15, -0.1) is 0 Å². The van der Waals surface area contributed by atoms with Crippen molar-refractivity contribution >= 4 is 27.5 Å². The maximum atomic E-state index is 12.0. The molecule has 0 saturated carbocycles. The molecule has 1 saturated heterocycles. The minimum absolute atomic E-state index is 0.0130. The number of likely N-dealkylation sites (tertiary alicyclic amines) is 1. The molecular weight excluding hydrogens is 308 g/mol. The SMILES string of the molecule is Cc1ccc(NC(=O)CN2CCC(O)CC2)c(Br)c1. The maximum Gasteiger partial charge on any atom is 0.238 e. The Labute approximate surface area is 121 Å². The Kier molecular flexibility index (Phi) is 4.96. The van der Waals surface area contributed by atoms with Crippen molar-refractivity contribution in [3.8, 4) is 0 Å². The predicted octanol–water partition coefficient (Wildman–Crippen LogP) is 2.15. The van der Waals surface area contributed by atoms with E-state index in [2.05, 4.69) is 26.1 Å². The summed E-state index contributed by atoms with van der Waals surface area (Å²) >= 11 is 3.45. The van der Waals surface area contributed by atoms with Gasteiger partial charge in [-0.05, 0) is 53.4 Å². The summed E-state index contributed by atoms with van der Waals surface area (Å²) in [6, 6.07) is 5.85. The number of rotatable bonds is 3. The second kappa shape index (κ2) is 6.50. The van der Waals surface area contributed by atoms with Crippen molar-refractivity contribution in [1.29, 1.82) is 0 Å². The predicted molar refractivity (Wildman–Crippen MR) is 79.2 cm³/mol. The molecule has 0 aromatic heterocycles. The maximum absolute atomic E-state index is 12.0. The van der Waals surface area contributed by atoms with Crippen LogP contribution < -0.4 is 5.32 Å². The number of nitrogens with zero attached hydrogens (tertiary/aromatic N) is 1. The zero-order valence-electron chi connectivity index (χ0n) is 11.0. The third-order valence-corrected chi connectivity index (χ3v) is 3.98. The summed E-state index contributed by atoms with van der Waals surface area (Å²) in [5, 5.41) is 12.3. The lowest BCUT2D eigenvalue weighted by atomic mass is 10.1. The van der Waals surface area contributed by atoms with E-state index in [-0.39, 0.29) is 12.0 Å². The average Bonchev–Trinajstić information content (AvgIpc) is 2.36. The van der Waals surface area contributed by atoms with Gasteiger partial charge in [0.25, 0.3) is 0 Å². The van der Waals surface area contributed by atoms with E-state index in [4.69, 9.17) is 0 Å². The van der Waals surface area contributed by atoms with E-state index in [1.807, 2.05) is 25.1 Å². The van der Waals surface area contributed by atoms with E-state index in [1.165, 1.54) is 0 Å². The molecule has 1 heterocycles. The van der Waals surface area contributed by atoms with Crippen molar-refractivity contribution in [2.45, 2.75) is 25.9 Å². The Bertz CT molecular complexity index is 457.